The van der Waals surface area contributed by atoms with Crippen LogP contribution in [0, 0.1) is 5.82 Å². The van der Waals surface area contributed by atoms with Crippen molar-refractivity contribution in [2.75, 3.05) is 7.11 Å². The van der Waals surface area contributed by atoms with E-state index in [4.69, 9.17) is 4.74 Å². The van der Waals surface area contributed by atoms with Gasteiger partial charge in [0.05, 0.1) is 7.11 Å². The van der Waals surface area contributed by atoms with Crippen LogP contribution in [0.2, 0.25) is 0 Å². The fourth-order valence-electron chi connectivity index (χ4n) is 1.99. The van der Waals surface area contributed by atoms with Crippen LogP contribution in [-0.2, 0) is 0 Å². The van der Waals surface area contributed by atoms with Gasteiger partial charge < -0.3 is 9.84 Å². The molecule has 98 valence electrons. The monoisotopic (exact) mass is 294 g/mol. The van der Waals surface area contributed by atoms with E-state index in [0.29, 0.717) is 11.3 Å². The van der Waals surface area contributed by atoms with Crippen LogP contribution in [0.1, 0.15) is 16.5 Å². The van der Waals surface area contributed by atoms with Crippen LogP contribution in [0.4, 0.5) is 4.39 Å². The molecule has 0 saturated heterocycles. The molecule has 5 heteroatoms. The number of thiophene rings is 2. The lowest BCUT2D eigenvalue weighted by Gasteiger charge is -2.13. The van der Waals surface area contributed by atoms with E-state index in [1.807, 2.05) is 17.5 Å². The zero-order chi connectivity index (χ0) is 13.4. The van der Waals surface area contributed by atoms with E-state index in [1.54, 1.807) is 11.3 Å². The van der Waals surface area contributed by atoms with E-state index in [1.165, 1.54) is 36.6 Å². The highest BCUT2D eigenvalue weighted by molar-refractivity contribution is 7.26. The minimum Gasteiger partial charge on any atom is -0.496 e. The molecular formula is C14H11FO2S2. The molecule has 2 heterocycles. The number of fused-ring (bicyclic) bond motifs is 1. The molecular weight excluding hydrogens is 283 g/mol. The SMILES string of the molecule is COc1ccc(F)cc1C(O)c1cc2sccc2s1. The van der Waals surface area contributed by atoms with E-state index in [9.17, 15) is 9.50 Å². The largest absolute Gasteiger partial charge is 0.496 e. The molecule has 0 aliphatic heterocycles. The third kappa shape index (κ3) is 2.25. The second-order valence-corrected chi connectivity index (χ2v) is 6.15. The Morgan fingerprint density at radius 3 is 2.79 bits per heavy atom. The van der Waals surface area contributed by atoms with Crippen molar-refractivity contribution in [1.82, 2.24) is 0 Å². The summed E-state index contributed by atoms with van der Waals surface area (Å²) in [6, 6.07) is 8.13. The minimum absolute atomic E-state index is 0.381. The van der Waals surface area contributed by atoms with E-state index < -0.39 is 6.10 Å². The maximum atomic E-state index is 13.3. The van der Waals surface area contributed by atoms with Crippen molar-refractivity contribution in [3.05, 3.63) is 52.0 Å². The first-order chi connectivity index (χ1) is 9.19. The maximum absolute atomic E-state index is 13.3. The molecule has 2 aromatic heterocycles. The van der Waals surface area contributed by atoms with E-state index in [-0.39, 0.29) is 5.82 Å². The number of halogens is 1. The average molecular weight is 294 g/mol. The number of benzene rings is 1. The fourth-order valence-corrected chi connectivity index (χ4v) is 4.12. The first-order valence-corrected chi connectivity index (χ1v) is 7.37. The standard InChI is InChI=1S/C14H11FO2S2/c1-17-10-3-2-8(15)6-9(10)14(16)13-7-12-11(19-13)4-5-18-12/h2-7,14,16H,1H3. The summed E-state index contributed by atoms with van der Waals surface area (Å²) in [5.41, 5.74) is 0.455. The normalized spacial score (nSPS) is 12.8. The van der Waals surface area contributed by atoms with E-state index in [0.717, 1.165) is 14.3 Å². The van der Waals surface area contributed by atoms with Gasteiger partial charge in [-0.25, -0.2) is 4.39 Å². The third-order valence-corrected chi connectivity index (χ3v) is 5.06. The van der Waals surface area contributed by atoms with Crippen LogP contribution < -0.4 is 4.74 Å². The van der Waals surface area contributed by atoms with Crippen molar-refractivity contribution in [3.8, 4) is 5.75 Å². The first-order valence-electron chi connectivity index (χ1n) is 5.67. The number of aliphatic hydroxyl groups is 1. The van der Waals surface area contributed by atoms with Crippen LogP contribution in [0.25, 0.3) is 9.40 Å². The summed E-state index contributed by atoms with van der Waals surface area (Å²) < 4.78 is 20.8. The van der Waals surface area contributed by atoms with Crippen molar-refractivity contribution < 1.29 is 14.2 Å². The molecule has 0 aliphatic rings. The Morgan fingerprint density at radius 1 is 1.21 bits per heavy atom. The smallest absolute Gasteiger partial charge is 0.125 e. The minimum atomic E-state index is -0.866. The summed E-state index contributed by atoms with van der Waals surface area (Å²) in [5, 5.41) is 12.4. The van der Waals surface area contributed by atoms with Gasteiger partial charge in [0.2, 0.25) is 0 Å². The van der Waals surface area contributed by atoms with Gasteiger partial charge in [0, 0.05) is 19.8 Å². The number of hydrogen-bond donors (Lipinski definition) is 1. The van der Waals surface area contributed by atoms with Gasteiger partial charge >= 0.3 is 0 Å². The second kappa shape index (κ2) is 4.92. The Labute approximate surface area is 117 Å². The van der Waals surface area contributed by atoms with Gasteiger partial charge in [-0.15, -0.1) is 22.7 Å². The van der Waals surface area contributed by atoms with Gasteiger partial charge in [-0.1, -0.05) is 0 Å². The number of ether oxygens (including phenoxy) is 1. The molecule has 19 heavy (non-hydrogen) atoms. The van der Waals surface area contributed by atoms with Gasteiger partial charge in [-0.2, -0.15) is 0 Å². The molecule has 0 fully saturated rings. The Kier molecular flexibility index (Phi) is 3.26. The zero-order valence-corrected chi connectivity index (χ0v) is 11.7. The molecule has 0 amide bonds. The molecule has 0 saturated carbocycles. The van der Waals surface area contributed by atoms with Gasteiger partial charge in [0.15, 0.2) is 0 Å². The van der Waals surface area contributed by atoms with Crippen LogP contribution in [0.3, 0.4) is 0 Å². The van der Waals surface area contributed by atoms with Gasteiger partial charge in [-0.05, 0) is 35.7 Å². The molecule has 2 nitrogen and oxygen atoms in total. The van der Waals surface area contributed by atoms with E-state index in [2.05, 4.69) is 0 Å². The van der Waals surface area contributed by atoms with E-state index >= 15 is 0 Å². The molecule has 1 aromatic carbocycles. The Balaban J connectivity index is 2.05. The summed E-state index contributed by atoms with van der Waals surface area (Å²) in [6.45, 7) is 0. The predicted octanol–water partition coefficient (Wildman–Crippen LogP) is 4.19. The molecule has 0 aliphatic carbocycles. The average Bonchev–Trinajstić information content (AvgIpc) is 2.98. The lowest BCUT2D eigenvalue weighted by atomic mass is 10.1. The topological polar surface area (TPSA) is 29.5 Å². The van der Waals surface area contributed by atoms with Crippen molar-refractivity contribution in [1.29, 1.82) is 0 Å². The molecule has 1 atom stereocenters. The number of methoxy groups -OCH3 is 1. The van der Waals surface area contributed by atoms with Crippen LogP contribution in [-0.4, -0.2) is 12.2 Å². The summed E-state index contributed by atoms with van der Waals surface area (Å²) >= 11 is 3.14. The van der Waals surface area contributed by atoms with Crippen molar-refractivity contribution in [2.45, 2.75) is 6.10 Å². The molecule has 0 radical (unpaired) electrons. The van der Waals surface area contributed by atoms with Crippen LogP contribution in [0.15, 0.2) is 35.7 Å². The Hall–Kier alpha value is -1.43. The zero-order valence-electron chi connectivity index (χ0n) is 10.1. The summed E-state index contributed by atoms with van der Waals surface area (Å²) in [7, 11) is 1.51. The van der Waals surface area contributed by atoms with Crippen LogP contribution >= 0.6 is 22.7 Å². The molecule has 0 spiro atoms. The highest BCUT2D eigenvalue weighted by Gasteiger charge is 2.19. The quantitative estimate of drug-likeness (QED) is 0.784. The third-order valence-electron chi connectivity index (χ3n) is 2.91. The maximum Gasteiger partial charge on any atom is 0.125 e. The number of aliphatic hydroxyl groups excluding tert-OH is 1. The molecule has 0 bridgehead atoms. The molecule has 3 aromatic rings. The Bertz CT molecular complexity index is 689. The fraction of sp³-hybridized carbons (Fsp3) is 0.143. The van der Waals surface area contributed by atoms with Crippen molar-refractivity contribution in [3.63, 3.8) is 0 Å². The second-order valence-electron chi connectivity index (χ2n) is 4.09. The number of rotatable bonds is 3. The molecule has 1 unspecified atom stereocenters. The van der Waals surface area contributed by atoms with Crippen molar-refractivity contribution in [2.24, 2.45) is 0 Å². The lowest BCUT2D eigenvalue weighted by molar-refractivity contribution is 0.218. The predicted molar refractivity (Wildman–Crippen MR) is 76.7 cm³/mol. The molecule has 1 N–H and O–H groups in total. The lowest BCUT2D eigenvalue weighted by Crippen LogP contribution is -2.01. The van der Waals surface area contributed by atoms with Gasteiger partial charge in [-0.3, -0.25) is 0 Å². The highest BCUT2D eigenvalue weighted by Crippen LogP contribution is 2.38. The van der Waals surface area contributed by atoms with Crippen LogP contribution in [0.5, 0.6) is 5.75 Å². The summed E-state index contributed by atoms with van der Waals surface area (Å²) in [6.07, 6.45) is -0.866. The Morgan fingerprint density at radius 2 is 2.05 bits per heavy atom. The first kappa shape index (κ1) is 12.6. The van der Waals surface area contributed by atoms with Crippen molar-refractivity contribution >= 4 is 32.1 Å². The summed E-state index contributed by atoms with van der Waals surface area (Å²) in [4.78, 5) is 0.797. The van der Waals surface area contributed by atoms with Gasteiger partial charge in [0.25, 0.3) is 0 Å². The number of hydrogen-bond acceptors (Lipinski definition) is 4. The highest BCUT2D eigenvalue weighted by atomic mass is 32.1. The summed E-state index contributed by atoms with van der Waals surface area (Å²) in [5.74, 6) is 0.110. The van der Waals surface area contributed by atoms with Gasteiger partial charge in [0.1, 0.15) is 17.7 Å². The molecule has 3 rings (SSSR count).